The monoisotopic (exact) mass is 345 g/mol. The smallest absolute Gasteiger partial charge is 0.323 e. The number of methoxy groups -OCH3 is 1. The van der Waals surface area contributed by atoms with Gasteiger partial charge in [0.25, 0.3) is 0 Å². The van der Waals surface area contributed by atoms with Gasteiger partial charge in [0.2, 0.25) is 0 Å². The van der Waals surface area contributed by atoms with Gasteiger partial charge in [-0.2, -0.15) is 5.10 Å². The van der Waals surface area contributed by atoms with Gasteiger partial charge in [0.15, 0.2) is 0 Å². The Kier molecular flexibility index (Phi) is 6.94. The van der Waals surface area contributed by atoms with Gasteiger partial charge in [0.05, 0.1) is 18.3 Å². The summed E-state index contributed by atoms with van der Waals surface area (Å²) in [5, 5.41) is 7.48. The molecule has 2 rings (SSSR count). The molecule has 136 valence electrons. The van der Waals surface area contributed by atoms with Crippen LogP contribution in [0.3, 0.4) is 0 Å². The first-order chi connectivity index (χ1) is 12.0. The predicted molar refractivity (Wildman–Crippen MR) is 97.5 cm³/mol. The summed E-state index contributed by atoms with van der Waals surface area (Å²) in [6, 6.07) is 5.75. The Morgan fingerprint density at radius 1 is 1.48 bits per heavy atom. The number of urea groups is 1. The number of carbonyl (C=O) groups is 1. The maximum atomic E-state index is 12.8. The molecule has 2 aromatic rings. The number of amides is 2. The van der Waals surface area contributed by atoms with Crippen molar-refractivity contribution in [2.45, 2.75) is 39.8 Å². The van der Waals surface area contributed by atoms with Crippen LogP contribution in [0.4, 0.5) is 10.6 Å². The van der Waals surface area contributed by atoms with Crippen molar-refractivity contribution in [3.05, 3.63) is 41.9 Å². The number of nitrogens with zero attached hydrogens (tertiary/aromatic N) is 4. The molecule has 0 aliphatic heterocycles. The van der Waals surface area contributed by atoms with Crippen LogP contribution >= 0.6 is 0 Å². The van der Waals surface area contributed by atoms with E-state index < -0.39 is 0 Å². The van der Waals surface area contributed by atoms with Gasteiger partial charge in [-0.25, -0.2) is 9.48 Å². The third-order valence-electron chi connectivity index (χ3n) is 4.05. The maximum Gasteiger partial charge on any atom is 0.323 e. The molecular formula is C18H27N5O2. The number of hydrogen-bond acceptors (Lipinski definition) is 4. The van der Waals surface area contributed by atoms with Crippen LogP contribution in [-0.2, 0) is 11.3 Å². The lowest BCUT2D eigenvalue weighted by atomic mass is 10.2. The number of rotatable bonds is 8. The van der Waals surface area contributed by atoms with Crippen molar-refractivity contribution >= 4 is 11.8 Å². The van der Waals surface area contributed by atoms with Crippen molar-refractivity contribution in [2.75, 3.05) is 25.6 Å². The molecule has 0 unspecified atom stereocenters. The van der Waals surface area contributed by atoms with Crippen LogP contribution in [0.5, 0.6) is 0 Å². The highest BCUT2D eigenvalue weighted by molar-refractivity contribution is 5.88. The van der Waals surface area contributed by atoms with Crippen LogP contribution in [0.1, 0.15) is 37.6 Å². The second-order valence-corrected chi connectivity index (χ2v) is 6.08. The van der Waals surface area contributed by atoms with Crippen molar-refractivity contribution in [1.29, 1.82) is 0 Å². The Bertz CT molecular complexity index is 671. The normalized spacial score (nSPS) is 12.0. The number of nitrogens with one attached hydrogen (secondary N) is 1. The van der Waals surface area contributed by atoms with Crippen LogP contribution in [0.15, 0.2) is 30.6 Å². The SMILES string of the molecule is CC[C@@H](C)n1nc(C)cc1NC(=O)N(CCOC)Cc1cccnc1. The van der Waals surface area contributed by atoms with Crippen molar-refractivity contribution in [3.8, 4) is 0 Å². The molecule has 7 nitrogen and oxygen atoms in total. The van der Waals surface area contributed by atoms with E-state index >= 15 is 0 Å². The number of ether oxygens (including phenoxy) is 1. The molecular weight excluding hydrogens is 318 g/mol. The molecule has 1 N–H and O–H groups in total. The minimum atomic E-state index is -0.176. The van der Waals surface area contributed by atoms with Gasteiger partial charge in [-0.05, 0) is 31.9 Å². The predicted octanol–water partition coefficient (Wildman–Crippen LogP) is 3.24. The van der Waals surface area contributed by atoms with E-state index in [1.807, 2.05) is 29.8 Å². The third-order valence-corrected chi connectivity index (χ3v) is 4.05. The van der Waals surface area contributed by atoms with E-state index in [0.717, 1.165) is 17.7 Å². The second-order valence-electron chi connectivity index (χ2n) is 6.08. The van der Waals surface area contributed by atoms with E-state index in [9.17, 15) is 4.79 Å². The number of anilines is 1. The number of carbonyl (C=O) groups excluding carboxylic acids is 1. The van der Waals surface area contributed by atoms with E-state index in [4.69, 9.17) is 4.74 Å². The quantitative estimate of drug-likeness (QED) is 0.797. The number of aryl methyl sites for hydroxylation is 1. The number of hydrogen-bond donors (Lipinski definition) is 1. The van der Waals surface area contributed by atoms with Gasteiger partial charge in [0.1, 0.15) is 5.82 Å². The van der Waals surface area contributed by atoms with Crippen LogP contribution in [0, 0.1) is 6.92 Å². The summed E-state index contributed by atoms with van der Waals surface area (Å²) >= 11 is 0. The highest BCUT2D eigenvalue weighted by Crippen LogP contribution is 2.19. The van der Waals surface area contributed by atoms with E-state index in [1.54, 1.807) is 24.4 Å². The van der Waals surface area contributed by atoms with Crippen LogP contribution < -0.4 is 5.32 Å². The molecule has 0 saturated carbocycles. The molecule has 7 heteroatoms. The average molecular weight is 345 g/mol. The lowest BCUT2D eigenvalue weighted by molar-refractivity contribution is 0.152. The second kappa shape index (κ2) is 9.17. The fourth-order valence-electron chi connectivity index (χ4n) is 2.47. The van der Waals surface area contributed by atoms with Crippen LogP contribution in [0.2, 0.25) is 0 Å². The first-order valence-corrected chi connectivity index (χ1v) is 8.55. The zero-order chi connectivity index (χ0) is 18.2. The van der Waals surface area contributed by atoms with Crippen LogP contribution in [0.25, 0.3) is 0 Å². The summed E-state index contributed by atoms with van der Waals surface area (Å²) in [6.07, 6.45) is 4.42. The van der Waals surface area contributed by atoms with Crippen molar-refractivity contribution < 1.29 is 9.53 Å². The fraction of sp³-hybridized carbons (Fsp3) is 0.500. The molecule has 25 heavy (non-hydrogen) atoms. The molecule has 2 heterocycles. The summed E-state index contributed by atoms with van der Waals surface area (Å²) < 4.78 is 7.01. The molecule has 2 amide bonds. The summed E-state index contributed by atoms with van der Waals surface area (Å²) in [6.45, 7) is 7.54. The topological polar surface area (TPSA) is 72.3 Å². The first-order valence-electron chi connectivity index (χ1n) is 8.55. The fourth-order valence-corrected chi connectivity index (χ4v) is 2.47. The highest BCUT2D eigenvalue weighted by Gasteiger charge is 2.18. The Morgan fingerprint density at radius 2 is 2.28 bits per heavy atom. The first kappa shape index (κ1) is 18.9. The highest BCUT2D eigenvalue weighted by atomic mass is 16.5. The Labute approximate surface area is 149 Å². The van der Waals surface area contributed by atoms with Gasteiger partial charge < -0.3 is 9.64 Å². The molecule has 0 bridgehead atoms. The Hall–Kier alpha value is -2.41. The van der Waals surface area contributed by atoms with Crippen molar-refractivity contribution in [1.82, 2.24) is 19.7 Å². The van der Waals surface area contributed by atoms with Crippen molar-refractivity contribution in [2.24, 2.45) is 0 Å². The number of pyridine rings is 1. The van der Waals surface area contributed by atoms with Gasteiger partial charge in [-0.1, -0.05) is 13.0 Å². The molecule has 0 aliphatic rings. The standard InChI is InChI=1S/C18H27N5O2/c1-5-15(3)23-17(11-14(2)21-23)20-18(24)22(9-10-25-4)13-16-7-6-8-19-12-16/h6-8,11-12,15H,5,9-10,13H2,1-4H3,(H,20,24)/t15-/m1/s1. The summed E-state index contributed by atoms with van der Waals surface area (Å²) in [4.78, 5) is 18.6. The molecule has 0 fully saturated rings. The third kappa shape index (κ3) is 5.29. The lowest BCUT2D eigenvalue weighted by Crippen LogP contribution is -2.37. The minimum Gasteiger partial charge on any atom is -0.383 e. The zero-order valence-corrected chi connectivity index (χ0v) is 15.4. The number of aromatic nitrogens is 3. The molecule has 1 atom stereocenters. The summed E-state index contributed by atoms with van der Waals surface area (Å²) in [5.74, 6) is 0.713. The van der Waals surface area contributed by atoms with Crippen LogP contribution in [-0.4, -0.2) is 46.0 Å². The molecule has 0 spiro atoms. The summed E-state index contributed by atoms with van der Waals surface area (Å²) in [5.41, 5.74) is 1.85. The maximum absolute atomic E-state index is 12.8. The van der Waals surface area contributed by atoms with E-state index in [0.29, 0.717) is 25.5 Å². The van der Waals surface area contributed by atoms with E-state index in [2.05, 4.69) is 29.2 Å². The van der Waals surface area contributed by atoms with Gasteiger partial charge in [-0.15, -0.1) is 0 Å². The zero-order valence-electron chi connectivity index (χ0n) is 15.4. The minimum absolute atomic E-state index is 0.176. The Morgan fingerprint density at radius 3 is 2.92 bits per heavy atom. The van der Waals surface area contributed by atoms with E-state index in [1.165, 1.54) is 0 Å². The average Bonchev–Trinajstić information content (AvgIpc) is 2.98. The molecule has 0 radical (unpaired) electrons. The Balaban J connectivity index is 2.14. The molecule has 0 aromatic carbocycles. The largest absolute Gasteiger partial charge is 0.383 e. The van der Waals surface area contributed by atoms with Gasteiger partial charge >= 0.3 is 6.03 Å². The van der Waals surface area contributed by atoms with Crippen molar-refractivity contribution in [3.63, 3.8) is 0 Å². The molecule has 0 saturated heterocycles. The van der Waals surface area contributed by atoms with E-state index in [-0.39, 0.29) is 12.1 Å². The summed E-state index contributed by atoms with van der Waals surface area (Å²) in [7, 11) is 1.63. The molecule has 2 aromatic heterocycles. The van der Waals surface area contributed by atoms with Gasteiger partial charge in [-0.3, -0.25) is 10.3 Å². The van der Waals surface area contributed by atoms with Gasteiger partial charge in [0, 0.05) is 38.7 Å². The molecule has 0 aliphatic carbocycles. The lowest BCUT2D eigenvalue weighted by Gasteiger charge is -2.23.